The predicted octanol–water partition coefficient (Wildman–Crippen LogP) is 5.57. The molecule has 1 unspecified atom stereocenters. The number of rotatable bonds is 15. The van der Waals surface area contributed by atoms with Gasteiger partial charge in [-0.2, -0.15) is 0 Å². The number of hydrogen-bond donors (Lipinski definition) is 0. The van der Waals surface area contributed by atoms with Gasteiger partial charge in [-0.1, -0.05) is 51.3 Å². The second-order valence-electron chi connectivity index (χ2n) is 6.55. The molecule has 0 aliphatic heterocycles. The van der Waals surface area contributed by atoms with E-state index in [1.165, 1.54) is 25.7 Å². The van der Waals surface area contributed by atoms with Gasteiger partial charge in [-0.3, -0.25) is 4.79 Å². The third-order valence-electron chi connectivity index (χ3n) is 4.02. The Morgan fingerprint density at radius 2 is 1.70 bits per heavy atom. The summed E-state index contributed by atoms with van der Waals surface area (Å²) in [6, 6.07) is 0. The first kappa shape index (κ1) is 23.2. The molecule has 0 aromatic heterocycles. The van der Waals surface area contributed by atoms with Crippen LogP contribution in [0.5, 0.6) is 0 Å². The van der Waals surface area contributed by atoms with E-state index < -0.39 is 8.32 Å². The van der Waals surface area contributed by atoms with Gasteiger partial charge in [0.1, 0.15) is 0 Å². The summed E-state index contributed by atoms with van der Waals surface area (Å²) in [7, 11) is -1.83. The molecule has 1 atom stereocenters. The van der Waals surface area contributed by atoms with Gasteiger partial charge in [0.05, 0.1) is 0 Å². The lowest BCUT2D eigenvalue weighted by Crippen LogP contribution is -2.43. The molecule has 0 saturated carbocycles. The van der Waals surface area contributed by atoms with E-state index in [0.29, 0.717) is 9.99 Å². The summed E-state index contributed by atoms with van der Waals surface area (Å²) in [6.07, 6.45) is 8.70. The van der Waals surface area contributed by atoms with E-state index in [4.69, 9.17) is 9.16 Å². The molecular weight excluding hydrogens is 324 g/mol. The van der Waals surface area contributed by atoms with Gasteiger partial charge in [0, 0.05) is 31.1 Å². The maximum Gasteiger partial charge on any atom is 0.199 e. The van der Waals surface area contributed by atoms with Crippen molar-refractivity contribution < 1.29 is 14.0 Å². The van der Waals surface area contributed by atoms with Crippen LogP contribution < -0.4 is 0 Å². The largest absolute Gasteiger partial charge is 0.416 e. The molecule has 5 heteroatoms. The average Bonchev–Trinajstić information content (AvgIpc) is 2.52. The number of carbonyl (C=O) groups is 1. The highest BCUT2D eigenvalue weighted by molar-refractivity contribution is 8.15. The second kappa shape index (κ2) is 14.5. The van der Waals surface area contributed by atoms with Crippen molar-refractivity contribution in [3.63, 3.8) is 0 Å². The van der Waals surface area contributed by atoms with E-state index in [1.54, 1.807) is 11.8 Å². The van der Waals surface area contributed by atoms with Crippen LogP contribution >= 0.6 is 11.8 Å². The fourth-order valence-electron chi connectivity index (χ4n) is 2.54. The summed E-state index contributed by atoms with van der Waals surface area (Å²) in [5, 5.41) is 0.354. The first-order valence-electron chi connectivity index (χ1n) is 9.39. The molecule has 3 nitrogen and oxygen atoms in total. The summed E-state index contributed by atoms with van der Waals surface area (Å²) in [5.74, 6) is 0. The van der Waals surface area contributed by atoms with E-state index in [2.05, 4.69) is 26.9 Å². The van der Waals surface area contributed by atoms with Gasteiger partial charge in [0.15, 0.2) is 13.4 Å². The lowest BCUT2D eigenvalue weighted by molar-refractivity contribution is -0.111. The monoisotopic (exact) mass is 362 g/mol. The van der Waals surface area contributed by atoms with Gasteiger partial charge in [-0.05, 0) is 39.3 Å². The minimum atomic E-state index is -1.83. The summed E-state index contributed by atoms with van der Waals surface area (Å²) >= 11 is 1.55. The fraction of sp³-hybridized carbons (Fsp3) is 0.944. The average molecular weight is 363 g/mol. The predicted molar refractivity (Wildman–Crippen MR) is 105 cm³/mol. The molecule has 0 N–H and O–H groups in total. The maximum absolute atomic E-state index is 12.2. The highest BCUT2D eigenvalue weighted by atomic mass is 32.2. The van der Waals surface area contributed by atoms with Crippen LogP contribution in [0.4, 0.5) is 0 Å². The minimum absolute atomic E-state index is 0.354. The molecule has 0 heterocycles. The van der Waals surface area contributed by atoms with Crippen LogP contribution in [0.15, 0.2) is 0 Å². The Morgan fingerprint density at radius 1 is 1.00 bits per heavy atom. The summed E-state index contributed by atoms with van der Waals surface area (Å²) in [5.41, 5.74) is 0. The molecule has 23 heavy (non-hydrogen) atoms. The molecule has 0 amide bonds. The molecule has 0 aliphatic rings. The van der Waals surface area contributed by atoms with E-state index in [9.17, 15) is 4.79 Å². The smallest absolute Gasteiger partial charge is 0.199 e. The first-order valence-corrected chi connectivity index (χ1v) is 13.3. The Balaban J connectivity index is 4.05. The van der Waals surface area contributed by atoms with Gasteiger partial charge in [-0.15, -0.1) is 0 Å². The molecule has 0 rings (SSSR count). The van der Waals surface area contributed by atoms with Crippen molar-refractivity contribution in [3.8, 4) is 0 Å². The molecule has 0 aromatic carbocycles. The molecule has 0 fully saturated rings. The molecule has 138 valence electrons. The summed E-state index contributed by atoms with van der Waals surface area (Å²) in [6.45, 7) is 13.2. The maximum atomic E-state index is 12.2. The van der Waals surface area contributed by atoms with Crippen molar-refractivity contribution >= 4 is 25.2 Å². The van der Waals surface area contributed by atoms with Crippen molar-refractivity contribution in [2.75, 3.05) is 19.8 Å². The van der Waals surface area contributed by atoms with Crippen molar-refractivity contribution in [1.29, 1.82) is 0 Å². The Hall–Kier alpha value is 0.157. The number of ether oxygens (including phenoxy) is 1. The van der Waals surface area contributed by atoms with E-state index in [1.807, 2.05) is 6.92 Å². The zero-order chi connectivity index (χ0) is 17.6. The number of unbranched alkanes of at least 4 members (excludes halogenated alkanes) is 4. The zero-order valence-electron chi connectivity index (χ0n) is 16.0. The molecule has 0 aromatic rings. The third kappa shape index (κ3) is 12.2. The molecule has 0 saturated heterocycles. The van der Waals surface area contributed by atoms with Gasteiger partial charge >= 0.3 is 0 Å². The van der Waals surface area contributed by atoms with Crippen molar-refractivity contribution in [3.05, 3.63) is 0 Å². The van der Waals surface area contributed by atoms with Crippen molar-refractivity contribution in [2.24, 2.45) is 0 Å². The van der Waals surface area contributed by atoms with Crippen LogP contribution in [-0.4, -0.2) is 38.1 Å². The van der Waals surface area contributed by atoms with Crippen LogP contribution in [0.3, 0.4) is 0 Å². The third-order valence-corrected chi connectivity index (χ3v) is 10.1. The van der Waals surface area contributed by atoms with Crippen molar-refractivity contribution in [1.82, 2.24) is 0 Å². The van der Waals surface area contributed by atoms with E-state index in [-0.39, 0.29) is 0 Å². The van der Waals surface area contributed by atoms with Gasteiger partial charge in [-0.25, -0.2) is 0 Å². The highest BCUT2D eigenvalue weighted by Gasteiger charge is 2.34. The second-order valence-corrected chi connectivity index (χ2v) is 12.4. The topological polar surface area (TPSA) is 35.5 Å². The molecule has 0 radical (unpaired) electrons. The van der Waals surface area contributed by atoms with Crippen LogP contribution in [0.1, 0.15) is 72.1 Å². The van der Waals surface area contributed by atoms with Gasteiger partial charge in [0.25, 0.3) is 0 Å². The standard InChI is InChI=1S/C18H38O3SSi/c1-6-9-10-11-12-14-17(19)22-18(7-2)23(4,5)21-16-13-15-20-8-3/h18H,6-16H2,1-5H3. The summed E-state index contributed by atoms with van der Waals surface area (Å²) < 4.78 is 11.5. The zero-order valence-corrected chi connectivity index (χ0v) is 17.8. The van der Waals surface area contributed by atoms with E-state index >= 15 is 0 Å². The van der Waals surface area contributed by atoms with Crippen molar-refractivity contribution in [2.45, 2.75) is 90.1 Å². The Morgan fingerprint density at radius 3 is 2.30 bits per heavy atom. The minimum Gasteiger partial charge on any atom is -0.416 e. The lowest BCUT2D eigenvalue weighted by atomic mass is 10.1. The van der Waals surface area contributed by atoms with Crippen LogP contribution in [0.25, 0.3) is 0 Å². The SMILES string of the molecule is CCCCCCCC(=O)SC(CC)[Si](C)(C)OCCCOCC. The highest BCUT2D eigenvalue weighted by Crippen LogP contribution is 2.28. The molecule has 0 bridgehead atoms. The van der Waals surface area contributed by atoms with Crippen LogP contribution in [0.2, 0.25) is 13.1 Å². The molecule has 0 spiro atoms. The van der Waals surface area contributed by atoms with Crippen LogP contribution in [0, 0.1) is 0 Å². The molecular formula is C18H38O3SSi. The normalized spacial score (nSPS) is 13.3. The lowest BCUT2D eigenvalue weighted by Gasteiger charge is -2.30. The Bertz CT molecular complexity index is 298. The Labute approximate surface area is 149 Å². The fourth-order valence-corrected chi connectivity index (χ4v) is 6.86. The van der Waals surface area contributed by atoms with E-state index in [0.717, 1.165) is 45.5 Å². The Kier molecular flexibility index (Phi) is 14.6. The quantitative estimate of drug-likeness (QED) is 0.282. The number of carbonyl (C=O) groups excluding carboxylic acids is 1. The van der Waals surface area contributed by atoms with Crippen LogP contribution in [-0.2, 0) is 14.0 Å². The summed E-state index contributed by atoms with van der Waals surface area (Å²) in [4.78, 5) is 12.6. The van der Waals surface area contributed by atoms with Gasteiger partial charge in [0.2, 0.25) is 0 Å². The number of thioether (sulfide) groups is 1. The van der Waals surface area contributed by atoms with Gasteiger partial charge < -0.3 is 9.16 Å². The number of hydrogen-bond acceptors (Lipinski definition) is 4. The first-order chi connectivity index (χ1) is 11.0. The molecule has 0 aliphatic carbocycles.